The second-order valence-electron chi connectivity index (χ2n) is 3.91. The van der Waals surface area contributed by atoms with Crippen molar-refractivity contribution in [2.45, 2.75) is 18.9 Å². The van der Waals surface area contributed by atoms with Gasteiger partial charge in [0.25, 0.3) is 0 Å². The first-order valence-electron chi connectivity index (χ1n) is 5.37. The van der Waals surface area contributed by atoms with Crippen LogP contribution in [0.15, 0.2) is 18.2 Å². The van der Waals surface area contributed by atoms with Crippen molar-refractivity contribution >= 4 is 5.97 Å². The summed E-state index contributed by atoms with van der Waals surface area (Å²) < 4.78 is 5.26. The molecule has 1 fully saturated rings. The number of carbonyl (C=O) groups is 1. The fourth-order valence-electron chi connectivity index (χ4n) is 2.09. The Morgan fingerprint density at radius 2 is 2.38 bits per heavy atom. The van der Waals surface area contributed by atoms with Crippen molar-refractivity contribution in [1.29, 1.82) is 0 Å². The maximum absolute atomic E-state index is 10.9. The average Bonchev–Trinajstić information content (AvgIpc) is 2.81. The molecule has 0 aliphatic carbocycles. The molecule has 2 N–H and O–H groups in total. The van der Waals surface area contributed by atoms with E-state index in [4.69, 9.17) is 9.84 Å². The molecular weight excluding hydrogens is 206 g/mol. The van der Waals surface area contributed by atoms with Crippen LogP contribution < -0.4 is 10.1 Å². The summed E-state index contributed by atoms with van der Waals surface area (Å²) in [5, 5.41) is 12.3. The van der Waals surface area contributed by atoms with Crippen molar-refractivity contribution in [1.82, 2.24) is 5.32 Å². The van der Waals surface area contributed by atoms with Crippen molar-refractivity contribution in [3.63, 3.8) is 0 Å². The van der Waals surface area contributed by atoms with Crippen LogP contribution >= 0.6 is 0 Å². The molecule has 0 amide bonds. The van der Waals surface area contributed by atoms with Gasteiger partial charge in [-0.25, -0.2) is 4.79 Å². The first kappa shape index (κ1) is 11.0. The van der Waals surface area contributed by atoms with Gasteiger partial charge in [-0.15, -0.1) is 0 Å². The van der Waals surface area contributed by atoms with Crippen LogP contribution in [0.3, 0.4) is 0 Å². The van der Waals surface area contributed by atoms with Gasteiger partial charge in [0.05, 0.1) is 12.7 Å². The lowest BCUT2D eigenvalue weighted by molar-refractivity contribution is 0.0696. The molecule has 2 rings (SSSR count). The Morgan fingerprint density at radius 1 is 1.56 bits per heavy atom. The summed E-state index contributed by atoms with van der Waals surface area (Å²) in [6, 6.07) is 5.21. The zero-order valence-corrected chi connectivity index (χ0v) is 9.19. The number of benzene rings is 1. The average molecular weight is 221 g/mol. The van der Waals surface area contributed by atoms with Crippen LogP contribution in [0.4, 0.5) is 0 Å². The Labute approximate surface area is 94.2 Å². The highest BCUT2D eigenvalue weighted by atomic mass is 16.5. The minimum atomic E-state index is -0.901. The van der Waals surface area contributed by atoms with Crippen LogP contribution in [0.25, 0.3) is 0 Å². The van der Waals surface area contributed by atoms with E-state index in [0.29, 0.717) is 5.56 Å². The molecule has 16 heavy (non-hydrogen) atoms. The van der Waals surface area contributed by atoms with E-state index < -0.39 is 5.97 Å². The molecule has 0 radical (unpaired) electrons. The first-order valence-corrected chi connectivity index (χ1v) is 5.37. The van der Waals surface area contributed by atoms with Crippen LogP contribution in [-0.4, -0.2) is 24.7 Å². The summed E-state index contributed by atoms with van der Waals surface area (Å²) in [7, 11) is 1.61. The fourth-order valence-corrected chi connectivity index (χ4v) is 2.09. The summed E-state index contributed by atoms with van der Waals surface area (Å²) in [6.07, 6.45) is 2.14. The van der Waals surface area contributed by atoms with E-state index in [1.807, 2.05) is 0 Å². The Morgan fingerprint density at radius 3 is 2.94 bits per heavy atom. The van der Waals surface area contributed by atoms with E-state index in [2.05, 4.69) is 5.32 Å². The summed E-state index contributed by atoms with van der Waals surface area (Å²) in [4.78, 5) is 10.9. The molecule has 0 bridgehead atoms. The van der Waals surface area contributed by atoms with E-state index >= 15 is 0 Å². The number of hydrogen-bond acceptors (Lipinski definition) is 3. The highest BCUT2D eigenvalue weighted by Crippen LogP contribution is 2.31. The molecule has 4 heteroatoms. The molecule has 1 aliphatic rings. The molecule has 0 saturated carbocycles. The van der Waals surface area contributed by atoms with E-state index in [1.54, 1.807) is 25.3 Å². The lowest BCUT2D eigenvalue weighted by atomic mass is 10.0. The molecule has 0 aromatic heterocycles. The quantitative estimate of drug-likeness (QED) is 0.817. The van der Waals surface area contributed by atoms with Crippen LogP contribution in [-0.2, 0) is 0 Å². The SMILES string of the molecule is COc1ccc(C(=O)O)cc1[C@@H]1CCCN1. The second-order valence-corrected chi connectivity index (χ2v) is 3.91. The van der Waals surface area contributed by atoms with Crippen LogP contribution in [0.1, 0.15) is 34.8 Å². The normalized spacial score (nSPS) is 19.7. The van der Waals surface area contributed by atoms with Gasteiger partial charge in [-0.1, -0.05) is 0 Å². The number of methoxy groups -OCH3 is 1. The van der Waals surface area contributed by atoms with Gasteiger partial charge in [-0.3, -0.25) is 0 Å². The highest BCUT2D eigenvalue weighted by Gasteiger charge is 2.21. The minimum Gasteiger partial charge on any atom is -0.496 e. The van der Waals surface area contributed by atoms with Gasteiger partial charge in [-0.05, 0) is 37.6 Å². The van der Waals surface area contributed by atoms with Crippen molar-refractivity contribution in [2.24, 2.45) is 0 Å². The molecule has 1 saturated heterocycles. The zero-order valence-electron chi connectivity index (χ0n) is 9.19. The number of carboxylic acids is 1. The maximum Gasteiger partial charge on any atom is 0.335 e. The van der Waals surface area contributed by atoms with Gasteiger partial charge in [0.15, 0.2) is 0 Å². The molecule has 86 valence electrons. The smallest absolute Gasteiger partial charge is 0.335 e. The standard InChI is InChI=1S/C12H15NO3/c1-16-11-5-4-8(12(14)15)7-9(11)10-3-2-6-13-10/h4-5,7,10,13H,2-3,6H2,1H3,(H,14,15)/t10-/m0/s1. The van der Waals surface area contributed by atoms with Crippen molar-refractivity contribution < 1.29 is 14.6 Å². The summed E-state index contributed by atoms with van der Waals surface area (Å²) in [5.41, 5.74) is 1.25. The van der Waals surface area contributed by atoms with Crippen LogP contribution in [0.2, 0.25) is 0 Å². The molecule has 1 atom stereocenters. The Balaban J connectivity index is 2.38. The molecular formula is C12H15NO3. The number of ether oxygens (including phenoxy) is 1. The predicted octanol–water partition coefficient (Wildman–Crippen LogP) is 1.82. The molecule has 4 nitrogen and oxygen atoms in total. The summed E-state index contributed by atoms with van der Waals surface area (Å²) in [5.74, 6) is -0.147. The Kier molecular flexibility index (Phi) is 3.10. The third-order valence-electron chi connectivity index (χ3n) is 2.91. The van der Waals surface area contributed by atoms with E-state index in [-0.39, 0.29) is 6.04 Å². The number of nitrogens with one attached hydrogen (secondary N) is 1. The lowest BCUT2D eigenvalue weighted by Crippen LogP contribution is -2.14. The monoisotopic (exact) mass is 221 g/mol. The van der Waals surface area contributed by atoms with E-state index in [0.717, 1.165) is 30.7 Å². The fraction of sp³-hybridized carbons (Fsp3) is 0.417. The largest absolute Gasteiger partial charge is 0.496 e. The molecule has 1 aliphatic heterocycles. The lowest BCUT2D eigenvalue weighted by Gasteiger charge is -2.15. The third-order valence-corrected chi connectivity index (χ3v) is 2.91. The van der Waals surface area contributed by atoms with Gasteiger partial charge in [0.2, 0.25) is 0 Å². The maximum atomic E-state index is 10.9. The predicted molar refractivity (Wildman–Crippen MR) is 59.9 cm³/mol. The summed E-state index contributed by atoms with van der Waals surface area (Å²) in [6.45, 7) is 0.977. The molecule has 0 unspecified atom stereocenters. The van der Waals surface area contributed by atoms with E-state index in [1.165, 1.54) is 0 Å². The minimum absolute atomic E-state index is 0.217. The molecule has 1 aromatic carbocycles. The zero-order chi connectivity index (χ0) is 11.5. The number of hydrogen-bond donors (Lipinski definition) is 2. The molecule has 1 heterocycles. The van der Waals surface area contributed by atoms with Gasteiger partial charge < -0.3 is 15.2 Å². The van der Waals surface area contributed by atoms with Gasteiger partial charge >= 0.3 is 5.97 Å². The number of carboxylic acid groups (broad SMARTS) is 1. The van der Waals surface area contributed by atoms with Crippen molar-refractivity contribution in [3.8, 4) is 5.75 Å². The number of aromatic carboxylic acids is 1. The van der Waals surface area contributed by atoms with Gasteiger partial charge in [0, 0.05) is 11.6 Å². The molecule has 1 aromatic rings. The first-order chi connectivity index (χ1) is 7.72. The van der Waals surface area contributed by atoms with Crippen molar-refractivity contribution in [3.05, 3.63) is 29.3 Å². The highest BCUT2D eigenvalue weighted by molar-refractivity contribution is 5.88. The van der Waals surface area contributed by atoms with Crippen LogP contribution in [0.5, 0.6) is 5.75 Å². The van der Waals surface area contributed by atoms with Gasteiger partial charge in [-0.2, -0.15) is 0 Å². The second kappa shape index (κ2) is 4.53. The Hall–Kier alpha value is -1.55. The third kappa shape index (κ3) is 2.02. The summed E-state index contributed by atoms with van der Waals surface area (Å²) >= 11 is 0. The van der Waals surface area contributed by atoms with E-state index in [9.17, 15) is 4.79 Å². The molecule has 0 spiro atoms. The van der Waals surface area contributed by atoms with Crippen molar-refractivity contribution in [2.75, 3.05) is 13.7 Å². The van der Waals surface area contributed by atoms with Gasteiger partial charge in [0.1, 0.15) is 5.75 Å². The topological polar surface area (TPSA) is 58.6 Å². The van der Waals surface area contributed by atoms with Crippen LogP contribution in [0, 0.1) is 0 Å². The Bertz CT molecular complexity index is 397. The number of rotatable bonds is 3.